The Kier molecular flexibility index (Phi) is 100. The van der Waals surface area contributed by atoms with E-state index < -0.39 is 5.41 Å². The van der Waals surface area contributed by atoms with Gasteiger partial charge in [-0.25, -0.2) is 0 Å². The maximum Gasteiger partial charge on any atom is 0.306 e. The smallest absolute Gasteiger partial charge is 0.306 e. The van der Waals surface area contributed by atoms with Crippen molar-refractivity contribution in [3.63, 3.8) is 0 Å². The van der Waals surface area contributed by atoms with Crippen LogP contribution in [0.25, 0.3) is 0 Å². The Balaban J connectivity index is 5.88. The molecule has 0 N–H and O–H groups in total. The van der Waals surface area contributed by atoms with Crippen molar-refractivity contribution in [3.8, 4) is 0 Å². The molecule has 0 aromatic heterocycles. The lowest BCUT2D eigenvalue weighted by Gasteiger charge is -2.31. The maximum atomic E-state index is 13.6. The van der Waals surface area contributed by atoms with Crippen LogP contribution >= 0.6 is 0 Å². The van der Waals surface area contributed by atoms with E-state index in [9.17, 15) is 38.4 Å². The van der Waals surface area contributed by atoms with Gasteiger partial charge < -0.3 is 37.9 Å². The minimum Gasteiger partial charge on any atom is -0.465 e. The Morgan fingerprint density at radius 3 is 0.382 bits per heavy atom. The average molecular weight is 1930 g/mol. The van der Waals surface area contributed by atoms with Gasteiger partial charge in [0.2, 0.25) is 0 Å². The highest BCUT2D eigenvalue weighted by Gasteiger charge is 2.35. The first-order valence-electron chi connectivity index (χ1n) is 60.0. The molecule has 5 unspecified atom stereocenters. The SMILES string of the molecule is CCCCCCCCCC(CCCCCCCC(=O)OCC(CC)(COC(=O)CCCCCCCC(CCCCCCCCC)OC(=O)CCCCCCCC(CCCCCCCCC)OC(=O)CCCCCCC)COC(=O)CCCCCCCC(CCCCCCCCC)OC(=O)CCCCCCCC(CCCCCCCCC)OC(=O)CCCCCCC)OC(=O)CCCCCCC. The summed E-state index contributed by atoms with van der Waals surface area (Å²) in [5.74, 6) is -1.23. The number of rotatable bonds is 110. The minimum absolute atomic E-state index is 0.00996. The number of carbonyl (C=O) groups excluding carboxylic acids is 8. The number of ether oxygens (including phenoxy) is 8. The molecule has 0 aromatic carbocycles. The zero-order chi connectivity index (χ0) is 99.3. The van der Waals surface area contributed by atoms with Crippen molar-refractivity contribution < 1.29 is 76.3 Å². The molecule has 0 saturated heterocycles. The van der Waals surface area contributed by atoms with Crippen molar-refractivity contribution >= 4 is 47.8 Å². The molecule has 802 valence electrons. The van der Waals surface area contributed by atoms with E-state index in [1.807, 2.05) is 6.92 Å². The second-order valence-electron chi connectivity index (χ2n) is 42.0. The number of carbonyl (C=O) groups is 8. The van der Waals surface area contributed by atoms with Crippen LogP contribution in [0.1, 0.15) is 666 Å². The van der Waals surface area contributed by atoms with Gasteiger partial charge >= 0.3 is 47.8 Å². The van der Waals surface area contributed by atoms with Crippen molar-refractivity contribution in [2.45, 2.75) is 696 Å². The molecule has 0 bridgehead atoms. The van der Waals surface area contributed by atoms with E-state index in [1.54, 1.807) is 0 Å². The van der Waals surface area contributed by atoms with Gasteiger partial charge in [0, 0.05) is 51.4 Å². The molecule has 0 aromatic rings. The lowest BCUT2D eigenvalue weighted by molar-refractivity contribution is -0.163. The van der Waals surface area contributed by atoms with Crippen LogP contribution in [0.5, 0.6) is 0 Å². The molecule has 136 heavy (non-hydrogen) atoms. The molecule has 0 fully saturated rings. The fourth-order valence-electron chi connectivity index (χ4n) is 19.0. The van der Waals surface area contributed by atoms with Crippen molar-refractivity contribution in [1.29, 1.82) is 0 Å². The van der Waals surface area contributed by atoms with E-state index in [0.717, 1.165) is 289 Å². The van der Waals surface area contributed by atoms with Crippen LogP contribution in [0.3, 0.4) is 0 Å². The highest BCUT2D eigenvalue weighted by atomic mass is 16.6. The van der Waals surface area contributed by atoms with Crippen LogP contribution in [0, 0.1) is 5.41 Å². The van der Waals surface area contributed by atoms with E-state index in [-0.39, 0.29) is 117 Å². The average Bonchev–Trinajstić information content (AvgIpc) is 0.860. The highest BCUT2D eigenvalue weighted by Crippen LogP contribution is 2.30. The molecule has 0 radical (unpaired) electrons. The molecule has 16 heteroatoms. The van der Waals surface area contributed by atoms with Crippen LogP contribution in [0.4, 0.5) is 0 Å². The Bertz CT molecular complexity index is 2500. The lowest BCUT2D eigenvalue weighted by atomic mass is 9.88. The molecule has 16 nitrogen and oxygen atoms in total. The predicted octanol–water partition coefficient (Wildman–Crippen LogP) is 37.0. The third-order valence-electron chi connectivity index (χ3n) is 28.5. The first-order valence-corrected chi connectivity index (χ1v) is 60.0. The van der Waals surface area contributed by atoms with E-state index in [2.05, 4.69) is 55.4 Å². The molecular formula is C120H226O16. The van der Waals surface area contributed by atoms with E-state index in [4.69, 9.17) is 37.9 Å². The van der Waals surface area contributed by atoms with Gasteiger partial charge in [-0.3, -0.25) is 38.4 Å². The first kappa shape index (κ1) is 132. The summed E-state index contributed by atoms with van der Waals surface area (Å²) in [5.41, 5.74) is -0.915. The van der Waals surface area contributed by atoms with Gasteiger partial charge in [-0.05, 0) is 186 Å². The van der Waals surface area contributed by atoms with E-state index >= 15 is 0 Å². The molecule has 0 heterocycles. The van der Waals surface area contributed by atoms with Crippen molar-refractivity contribution in [1.82, 2.24) is 0 Å². The molecular weight excluding hydrogens is 1700 g/mol. The van der Waals surface area contributed by atoms with Crippen LogP contribution in [0.2, 0.25) is 0 Å². The van der Waals surface area contributed by atoms with Crippen LogP contribution in [0.15, 0.2) is 0 Å². The van der Waals surface area contributed by atoms with Gasteiger partial charge in [-0.1, -0.05) is 428 Å². The van der Waals surface area contributed by atoms with E-state index in [1.165, 1.54) is 238 Å². The Labute approximate surface area is 840 Å². The van der Waals surface area contributed by atoms with Crippen molar-refractivity contribution in [3.05, 3.63) is 0 Å². The van der Waals surface area contributed by atoms with Crippen molar-refractivity contribution in [2.24, 2.45) is 5.41 Å². The first-order chi connectivity index (χ1) is 66.6. The van der Waals surface area contributed by atoms with Crippen LogP contribution in [-0.2, 0) is 76.3 Å². The largest absolute Gasteiger partial charge is 0.465 e. The topological polar surface area (TPSA) is 210 Å². The third-order valence-corrected chi connectivity index (χ3v) is 28.5. The standard InChI is InChI=1S/C120H226O16/c1-10-19-27-35-40-53-68-86-107(132-115(124)99-81-50-32-24-15-6)91-73-58-45-63-78-96-112(121)129-104-120(18-9,105-130-113(122)97-79-64-46-59-74-92-110(89-71-56-43-38-30-22-13-4)135-118(127)102-84-66-48-61-76-94-108(87-69-54-41-36-28-20-11-2)133-116(125)100-82-51-33-25-16-7)106-131-114(123)98-80-65-47-60-75-93-111(90-72-57-44-39-31-23-14-5)136-119(128)103-85-67-49-62-77-95-109(88-70-55-42-37-29-21-12-3)134-117(126)101-83-52-34-26-17-8/h107-111H,10-106H2,1-9H3. The quantitative estimate of drug-likeness (QED) is 0.0315. The predicted molar refractivity (Wildman–Crippen MR) is 570 cm³/mol. The van der Waals surface area contributed by atoms with Crippen LogP contribution in [-0.4, -0.2) is 98.1 Å². The summed E-state index contributed by atoms with van der Waals surface area (Å²) in [7, 11) is 0. The van der Waals surface area contributed by atoms with Gasteiger partial charge in [0.05, 0.1) is 5.41 Å². The molecule has 0 spiro atoms. The fourth-order valence-corrected chi connectivity index (χ4v) is 19.0. The molecule has 0 amide bonds. The summed E-state index contributed by atoms with van der Waals surface area (Å²) in [6.45, 7) is 19.8. The van der Waals surface area contributed by atoms with Gasteiger partial charge in [0.15, 0.2) is 0 Å². The third kappa shape index (κ3) is 92.2. The number of esters is 8. The maximum absolute atomic E-state index is 13.6. The molecule has 0 aliphatic rings. The van der Waals surface area contributed by atoms with Crippen molar-refractivity contribution in [2.75, 3.05) is 19.8 Å². The monoisotopic (exact) mass is 1920 g/mol. The molecule has 5 atom stereocenters. The number of unbranched alkanes of at least 4 members (excludes halogenated alkanes) is 62. The summed E-state index contributed by atoms with van der Waals surface area (Å²) < 4.78 is 49.0. The summed E-state index contributed by atoms with van der Waals surface area (Å²) >= 11 is 0. The normalized spacial score (nSPS) is 13.1. The Hall–Kier alpha value is -4.24. The van der Waals surface area contributed by atoms with Gasteiger partial charge in [0.25, 0.3) is 0 Å². The fraction of sp³-hybridized carbons (Fsp3) is 0.933. The second kappa shape index (κ2) is 104. The summed E-state index contributed by atoms with van der Waals surface area (Å²) in [5, 5.41) is 0. The summed E-state index contributed by atoms with van der Waals surface area (Å²) in [4.78, 5) is 106. The zero-order valence-electron chi connectivity index (χ0n) is 91.5. The molecule has 0 aliphatic heterocycles. The summed E-state index contributed by atoms with van der Waals surface area (Å²) in [6, 6.07) is 0. The van der Waals surface area contributed by atoms with Gasteiger partial charge in [-0.15, -0.1) is 0 Å². The number of hydrogen-bond donors (Lipinski definition) is 0. The second-order valence-corrected chi connectivity index (χ2v) is 42.0. The molecule has 0 saturated carbocycles. The highest BCUT2D eigenvalue weighted by molar-refractivity contribution is 5.72. The van der Waals surface area contributed by atoms with Gasteiger partial charge in [-0.2, -0.15) is 0 Å². The number of hydrogen-bond acceptors (Lipinski definition) is 16. The lowest BCUT2D eigenvalue weighted by Crippen LogP contribution is -2.39. The Morgan fingerprint density at radius 2 is 0.257 bits per heavy atom. The Morgan fingerprint density at radius 1 is 0.147 bits per heavy atom. The molecule has 0 aliphatic carbocycles. The summed E-state index contributed by atoms with van der Waals surface area (Å²) in [6.07, 6.45) is 95.7. The minimum atomic E-state index is -0.915. The van der Waals surface area contributed by atoms with E-state index in [0.29, 0.717) is 57.8 Å². The molecule has 0 rings (SSSR count). The van der Waals surface area contributed by atoms with Gasteiger partial charge in [0.1, 0.15) is 50.3 Å². The zero-order valence-corrected chi connectivity index (χ0v) is 91.5. The van der Waals surface area contributed by atoms with Crippen LogP contribution < -0.4 is 0 Å².